The number of hydrogen-bond acceptors (Lipinski definition) is 4. The van der Waals surface area contributed by atoms with Crippen molar-refractivity contribution in [1.82, 2.24) is 24.4 Å². The molecule has 2 amide bonds. The molecule has 1 saturated heterocycles. The van der Waals surface area contributed by atoms with Crippen molar-refractivity contribution < 1.29 is 9.59 Å². The van der Waals surface area contributed by atoms with Crippen LogP contribution in [0.3, 0.4) is 0 Å². The number of likely N-dealkylation sites (tertiary alicyclic amines) is 1. The van der Waals surface area contributed by atoms with Crippen molar-refractivity contribution >= 4 is 17.5 Å². The average molecular weight is 426 g/mol. The molecule has 1 aliphatic carbocycles. The Balaban J connectivity index is 1.46. The molecule has 8 heteroatoms. The normalized spacial score (nSPS) is 25.7. The Hall–Kier alpha value is -2.64. The van der Waals surface area contributed by atoms with Gasteiger partial charge in [-0.15, -0.1) is 0 Å². The summed E-state index contributed by atoms with van der Waals surface area (Å²) in [6.07, 6.45) is 3.34. The lowest BCUT2D eigenvalue weighted by Crippen LogP contribution is -2.44. The lowest BCUT2D eigenvalue weighted by molar-refractivity contribution is -0.140. The minimum absolute atomic E-state index is 0.0302. The summed E-state index contributed by atoms with van der Waals surface area (Å²) in [6, 6.07) is 1.87. The van der Waals surface area contributed by atoms with Gasteiger partial charge in [-0.2, -0.15) is 0 Å². The van der Waals surface area contributed by atoms with Crippen molar-refractivity contribution in [3.8, 4) is 0 Å². The third kappa shape index (κ3) is 3.36. The fourth-order valence-corrected chi connectivity index (χ4v) is 5.06. The van der Waals surface area contributed by atoms with Crippen LogP contribution in [0.25, 0.3) is 5.65 Å². The third-order valence-electron chi connectivity index (χ3n) is 7.04. The smallest absolute Gasteiger partial charge is 0.276 e. The van der Waals surface area contributed by atoms with E-state index in [-0.39, 0.29) is 29.3 Å². The number of fused-ring (bicyclic) bond motifs is 2. The zero-order valence-electron chi connectivity index (χ0n) is 18.8. The molecule has 3 atom stereocenters. The van der Waals surface area contributed by atoms with Crippen LogP contribution < -0.4 is 5.56 Å². The average Bonchev–Trinajstić information content (AvgIpc) is 3.11. The lowest BCUT2D eigenvalue weighted by atomic mass is 9.93. The largest absolute Gasteiger partial charge is 0.336 e. The van der Waals surface area contributed by atoms with Crippen LogP contribution in [0.2, 0.25) is 0 Å². The quantitative estimate of drug-likeness (QED) is 0.799. The monoisotopic (exact) mass is 425 g/mol. The molecule has 0 radical (unpaired) electrons. The van der Waals surface area contributed by atoms with Crippen LogP contribution in [0.15, 0.2) is 10.9 Å². The van der Waals surface area contributed by atoms with Gasteiger partial charge in [0.2, 0.25) is 11.8 Å². The summed E-state index contributed by atoms with van der Waals surface area (Å²) in [6.45, 7) is 9.52. The van der Waals surface area contributed by atoms with Gasteiger partial charge in [-0.25, -0.2) is 9.50 Å². The minimum Gasteiger partial charge on any atom is -0.336 e. The van der Waals surface area contributed by atoms with E-state index in [4.69, 9.17) is 4.98 Å². The van der Waals surface area contributed by atoms with E-state index in [1.165, 1.54) is 4.52 Å². The molecule has 0 aromatic carbocycles. The SMILES string of the molecule is C[C@@H]1C[C@@H]1C(=O)N1CCC[C@@H]1c1cc2nc3c(c(=O)n2[nH]1)CCN(C(=O)C(C)(C)C)C3. The minimum atomic E-state index is -0.463. The maximum atomic E-state index is 13.2. The molecule has 0 bridgehead atoms. The molecular formula is C23H31N5O3. The number of rotatable bonds is 2. The van der Waals surface area contributed by atoms with E-state index < -0.39 is 5.41 Å². The van der Waals surface area contributed by atoms with E-state index in [2.05, 4.69) is 12.0 Å². The second kappa shape index (κ2) is 6.93. The number of aromatic amines is 1. The van der Waals surface area contributed by atoms with E-state index in [0.717, 1.165) is 31.5 Å². The van der Waals surface area contributed by atoms with Crippen molar-refractivity contribution in [3.05, 3.63) is 33.4 Å². The van der Waals surface area contributed by atoms with Gasteiger partial charge in [0.05, 0.1) is 24.0 Å². The number of carbonyl (C=O) groups excluding carboxylic acids is 2. The number of aromatic nitrogens is 3. The van der Waals surface area contributed by atoms with Crippen molar-refractivity contribution in [2.75, 3.05) is 13.1 Å². The van der Waals surface area contributed by atoms with Gasteiger partial charge in [0.15, 0.2) is 5.65 Å². The van der Waals surface area contributed by atoms with Gasteiger partial charge in [-0.05, 0) is 31.6 Å². The fraction of sp³-hybridized carbons (Fsp3) is 0.652. The summed E-state index contributed by atoms with van der Waals surface area (Å²) in [5.41, 5.74) is 2.23. The summed E-state index contributed by atoms with van der Waals surface area (Å²) >= 11 is 0. The Kier molecular flexibility index (Phi) is 4.53. The van der Waals surface area contributed by atoms with Crippen LogP contribution in [0.4, 0.5) is 0 Å². The standard InChI is InChI=1S/C23H31N5O3/c1-13-10-15(13)20(29)27-8-5-6-18(27)16-11-19-24-17-12-26(22(31)23(2,3)4)9-7-14(17)21(30)28(19)25-16/h11,13,15,18,25H,5-10,12H2,1-4H3/t13-,15+,18-/m1/s1. The Morgan fingerprint density at radius 3 is 2.65 bits per heavy atom. The third-order valence-corrected chi connectivity index (χ3v) is 7.04. The molecule has 0 unspecified atom stereocenters. The summed E-state index contributed by atoms with van der Waals surface area (Å²) in [4.78, 5) is 47.3. The van der Waals surface area contributed by atoms with Gasteiger partial charge in [0, 0.05) is 36.1 Å². The molecule has 0 spiro atoms. The highest BCUT2D eigenvalue weighted by Gasteiger charge is 2.44. The number of carbonyl (C=O) groups is 2. The molecule has 1 saturated carbocycles. The van der Waals surface area contributed by atoms with Gasteiger partial charge >= 0.3 is 0 Å². The van der Waals surface area contributed by atoms with Crippen molar-refractivity contribution in [2.45, 2.75) is 66.0 Å². The summed E-state index contributed by atoms with van der Waals surface area (Å²) < 4.78 is 1.51. The molecular weight excluding hydrogens is 394 g/mol. The van der Waals surface area contributed by atoms with E-state index in [0.29, 0.717) is 42.3 Å². The van der Waals surface area contributed by atoms with Gasteiger partial charge in [0.25, 0.3) is 5.56 Å². The summed E-state index contributed by atoms with van der Waals surface area (Å²) in [5.74, 6) is 0.949. The molecule has 2 aromatic heterocycles. The maximum absolute atomic E-state index is 13.2. The Morgan fingerprint density at radius 2 is 1.97 bits per heavy atom. The zero-order chi connectivity index (χ0) is 22.1. The lowest BCUT2D eigenvalue weighted by Gasteiger charge is -2.32. The molecule has 1 N–H and O–H groups in total. The first-order valence-corrected chi connectivity index (χ1v) is 11.4. The number of H-pyrrole nitrogens is 1. The van der Waals surface area contributed by atoms with E-state index in [1.807, 2.05) is 31.7 Å². The zero-order valence-corrected chi connectivity index (χ0v) is 18.8. The number of nitrogens with zero attached hydrogens (tertiary/aromatic N) is 4. The van der Waals surface area contributed by atoms with E-state index in [1.54, 1.807) is 4.90 Å². The number of hydrogen-bond donors (Lipinski definition) is 1. The number of amides is 2. The van der Waals surface area contributed by atoms with E-state index >= 15 is 0 Å². The van der Waals surface area contributed by atoms with Crippen LogP contribution in [0.5, 0.6) is 0 Å². The molecule has 166 valence electrons. The molecule has 5 rings (SSSR count). The first kappa shape index (κ1) is 20.3. The fourth-order valence-electron chi connectivity index (χ4n) is 5.06. The van der Waals surface area contributed by atoms with Crippen LogP contribution in [0, 0.1) is 17.3 Å². The first-order valence-electron chi connectivity index (χ1n) is 11.4. The van der Waals surface area contributed by atoms with Gasteiger partial charge in [-0.3, -0.25) is 19.5 Å². The van der Waals surface area contributed by atoms with Gasteiger partial charge in [-0.1, -0.05) is 27.7 Å². The topological polar surface area (TPSA) is 90.8 Å². The first-order chi connectivity index (χ1) is 14.6. The highest BCUT2D eigenvalue weighted by molar-refractivity contribution is 5.82. The van der Waals surface area contributed by atoms with Crippen LogP contribution in [-0.2, 0) is 22.6 Å². The van der Waals surface area contributed by atoms with Crippen LogP contribution >= 0.6 is 0 Å². The molecule has 2 aromatic rings. The maximum Gasteiger partial charge on any atom is 0.276 e. The predicted molar refractivity (Wildman–Crippen MR) is 115 cm³/mol. The highest BCUT2D eigenvalue weighted by atomic mass is 16.2. The van der Waals surface area contributed by atoms with E-state index in [9.17, 15) is 14.4 Å². The summed E-state index contributed by atoms with van der Waals surface area (Å²) in [7, 11) is 0. The molecule has 31 heavy (non-hydrogen) atoms. The predicted octanol–water partition coefficient (Wildman–Crippen LogP) is 2.27. The molecule has 3 aliphatic rings. The van der Waals surface area contributed by atoms with Crippen LogP contribution in [-0.4, -0.2) is 49.3 Å². The molecule has 4 heterocycles. The molecule has 2 fully saturated rings. The highest BCUT2D eigenvalue weighted by Crippen LogP contribution is 2.43. The molecule has 8 nitrogen and oxygen atoms in total. The van der Waals surface area contributed by atoms with Crippen molar-refractivity contribution in [2.24, 2.45) is 17.3 Å². The van der Waals surface area contributed by atoms with Crippen LogP contribution in [0.1, 0.15) is 70.0 Å². The van der Waals surface area contributed by atoms with Crippen molar-refractivity contribution in [1.29, 1.82) is 0 Å². The Labute approximate surface area is 181 Å². The Bertz CT molecular complexity index is 1120. The Morgan fingerprint density at radius 1 is 1.23 bits per heavy atom. The second-order valence-electron chi connectivity index (χ2n) is 10.5. The van der Waals surface area contributed by atoms with Gasteiger partial charge in [0.1, 0.15) is 0 Å². The summed E-state index contributed by atoms with van der Waals surface area (Å²) in [5, 5.41) is 3.24. The molecule has 2 aliphatic heterocycles. The van der Waals surface area contributed by atoms with Gasteiger partial charge < -0.3 is 9.80 Å². The number of nitrogens with one attached hydrogen (secondary N) is 1. The second-order valence-corrected chi connectivity index (χ2v) is 10.5. The van der Waals surface area contributed by atoms with Crippen molar-refractivity contribution in [3.63, 3.8) is 0 Å².